The number of anilines is 1. The summed E-state index contributed by atoms with van der Waals surface area (Å²) in [5.74, 6) is -0.301. The summed E-state index contributed by atoms with van der Waals surface area (Å²) in [7, 11) is -3.54. The average molecular weight is 464 g/mol. The largest absolute Gasteiger partial charge is 0.379 e. The van der Waals surface area contributed by atoms with Crippen molar-refractivity contribution in [1.29, 1.82) is 0 Å². The van der Waals surface area contributed by atoms with Crippen molar-refractivity contribution < 1.29 is 17.9 Å². The first-order chi connectivity index (χ1) is 14.4. The molecular formula is C20H18ClN3O4S2. The van der Waals surface area contributed by atoms with Crippen molar-refractivity contribution in [3.63, 3.8) is 0 Å². The number of hydrogen-bond donors (Lipinski definition) is 1. The molecule has 0 atom stereocenters. The van der Waals surface area contributed by atoms with Gasteiger partial charge in [-0.25, -0.2) is 13.4 Å². The normalized spacial score (nSPS) is 15.1. The lowest BCUT2D eigenvalue weighted by Gasteiger charge is -2.26. The molecule has 156 valence electrons. The number of rotatable bonds is 5. The number of nitrogens with one attached hydrogen (secondary N) is 1. The molecule has 2 heterocycles. The Hall–Kier alpha value is -2.30. The first-order valence-corrected chi connectivity index (χ1v) is 11.8. The van der Waals surface area contributed by atoms with Crippen LogP contribution in [-0.2, 0) is 14.8 Å². The molecule has 1 amide bonds. The Balaban J connectivity index is 1.48. The number of ether oxygens (including phenoxy) is 1. The van der Waals surface area contributed by atoms with E-state index in [0.717, 1.165) is 5.56 Å². The van der Waals surface area contributed by atoms with Crippen LogP contribution >= 0.6 is 22.9 Å². The van der Waals surface area contributed by atoms with Crippen LogP contribution in [0, 0.1) is 0 Å². The number of amides is 1. The van der Waals surface area contributed by atoms with Crippen molar-refractivity contribution in [2.45, 2.75) is 4.90 Å². The molecule has 1 N–H and O–H groups in total. The third kappa shape index (κ3) is 4.55. The van der Waals surface area contributed by atoms with E-state index in [1.54, 1.807) is 53.9 Å². The van der Waals surface area contributed by atoms with E-state index in [1.165, 1.54) is 15.6 Å². The Morgan fingerprint density at radius 1 is 1.13 bits per heavy atom. The monoisotopic (exact) mass is 463 g/mol. The minimum atomic E-state index is -3.54. The molecule has 1 saturated heterocycles. The topological polar surface area (TPSA) is 88.6 Å². The highest BCUT2D eigenvalue weighted by Crippen LogP contribution is 2.27. The summed E-state index contributed by atoms with van der Waals surface area (Å²) < 4.78 is 32.1. The van der Waals surface area contributed by atoms with Crippen LogP contribution in [-0.4, -0.2) is 49.9 Å². The van der Waals surface area contributed by atoms with Crippen molar-refractivity contribution in [3.8, 4) is 11.3 Å². The van der Waals surface area contributed by atoms with E-state index in [4.69, 9.17) is 16.3 Å². The van der Waals surface area contributed by atoms with Crippen LogP contribution in [0.3, 0.4) is 0 Å². The van der Waals surface area contributed by atoms with Gasteiger partial charge in [0, 0.05) is 34.6 Å². The highest BCUT2D eigenvalue weighted by molar-refractivity contribution is 7.89. The minimum absolute atomic E-state index is 0.234. The molecule has 0 spiro atoms. The Kier molecular flexibility index (Phi) is 6.16. The zero-order valence-electron chi connectivity index (χ0n) is 15.7. The van der Waals surface area contributed by atoms with Crippen LogP contribution in [0.2, 0.25) is 5.02 Å². The summed E-state index contributed by atoms with van der Waals surface area (Å²) in [5.41, 5.74) is 1.85. The van der Waals surface area contributed by atoms with Gasteiger partial charge in [0.2, 0.25) is 10.0 Å². The molecule has 0 saturated carbocycles. The molecule has 0 unspecified atom stereocenters. The molecule has 30 heavy (non-hydrogen) atoms. The number of carbonyl (C=O) groups excluding carboxylic acids is 1. The number of sulfonamides is 1. The standard InChI is InChI=1S/C20H18ClN3O4S2/c21-16-3-1-2-15(12-16)19(25)23-20-22-18(13-29-20)14-4-6-17(7-5-14)30(26,27)24-8-10-28-11-9-24/h1-7,12-13H,8-11H2,(H,22,23,25). The average Bonchev–Trinajstić information content (AvgIpc) is 3.23. The molecule has 1 aromatic heterocycles. The van der Waals surface area contributed by atoms with Gasteiger partial charge in [-0.2, -0.15) is 4.31 Å². The highest BCUT2D eigenvalue weighted by atomic mass is 35.5. The molecule has 10 heteroatoms. The minimum Gasteiger partial charge on any atom is -0.379 e. The molecule has 1 aliphatic rings. The zero-order valence-corrected chi connectivity index (χ0v) is 18.1. The summed E-state index contributed by atoms with van der Waals surface area (Å²) in [6, 6.07) is 13.2. The summed E-state index contributed by atoms with van der Waals surface area (Å²) in [6.45, 7) is 1.51. The fourth-order valence-electron chi connectivity index (χ4n) is 3.00. The van der Waals surface area contributed by atoms with Crippen molar-refractivity contribution in [1.82, 2.24) is 9.29 Å². The van der Waals surface area contributed by atoms with Gasteiger partial charge in [-0.3, -0.25) is 10.1 Å². The maximum absolute atomic E-state index is 12.7. The van der Waals surface area contributed by atoms with Crippen LogP contribution in [0.1, 0.15) is 10.4 Å². The van der Waals surface area contributed by atoms with Crippen LogP contribution in [0.5, 0.6) is 0 Å². The Bertz CT molecular complexity index is 1160. The van der Waals surface area contributed by atoms with Gasteiger partial charge in [0.15, 0.2) is 5.13 Å². The molecule has 2 aromatic carbocycles. The molecule has 4 rings (SSSR count). The number of carbonyl (C=O) groups is 1. The number of morpholine rings is 1. The van der Waals surface area contributed by atoms with Crippen molar-refractivity contribution in [2.75, 3.05) is 31.6 Å². The fourth-order valence-corrected chi connectivity index (χ4v) is 5.31. The highest BCUT2D eigenvalue weighted by Gasteiger charge is 2.26. The zero-order chi connectivity index (χ0) is 21.1. The van der Waals surface area contributed by atoms with Gasteiger partial charge in [0.1, 0.15) is 0 Å². The Morgan fingerprint density at radius 2 is 1.87 bits per heavy atom. The maximum Gasteiger partial charge on any atom is 0.257 e. The fraction of sp³-hybridized carbons (Fsp3) is 0.200. The number of aromatic nitrogens is 1. The van der Waals surface area contributed by atoms with Crippen LogP contribution in [0.4, 0.5) is 5.13 Å². The van der Waals surface area contributed by atoms with Gasteiger partial charge < -0.3 is 4.74 Å². The summed E-state index contributed by atoms with van der Waals surface area (Å²) >= 11 is 7.21. The van der Waals surface area contributed by atoms with E-state index in [2.05, 4.69) is 10.3 Å². The lowest BCUT2D eigenvalue weighted by molar-refractivity contribution is 0.0730. The van der Waals surface area contributed by atoms with Crippen molar-refractivity contribution in [2.24, 2.45) is 0 Å². The molecule has 7 nitrogen and oxygen atoms in total. The van der Waals surface area contributed by atoms with E-state index >= 15 is 0 Å². The van der Waals surface area contributed by atoms with Gasteiger partial charge in [-0.05, 0) is 30.3 Å². The number of nitrogens with zero attached hydrogens (tertiary/aromatic N) is 2. The molecular weight excluding hydrogens is 446 g/mol. The predicted octanol–water partition coefficient (Wildman–Crippen LogP) is 3.74. The van der Waals surface area contributed by atoms with E-state index in [1.807, 2.05) is 0 Å². The number of benzene rings is 2. The molecule has 3 aromatic rings. The number of hydrogen-bond acceptors (Lipinski definition) is 6. The number of thiazole rings is 1. The maximum atomic E-state index is 12.7. The van der Waals surface area contributed by atoms with Crippen molar-refractivity contribution in [3.05, 3.63) is 64.5 Å². The summed E-state index contributed by atoms with van der Waals surface area (Å²) in [6.07, 6.45) is 0. The lowest BCUT2D eigenvalue weighted by atomic mass is 10.2. The van der Waals surface area contributed by atoms with Gasteiger partial charge >= 0.3 is 0 Å². The first kappa shape index (κ1) is 21.0. The van der Waals surface area contributed by atoms with Gasteiger partial charge in [0.05, 0.1) is 23.8 Å². The second-order valence-corrected chi connectivity index (χ2v) is 9.78. The van der Waals surface area contributed by atoms with E-state index in [0.29, 0.717) is 47.7 Å². The Labute approximate surface area is 183 Å². The second-order valence-electron chi connectivity index (χ2n) is 6.54. The van der Waals surface area contributed by atoms with E-state index < -0.39 is 10.0 Å². The molecule has 0 radical (unpaired) electrons. The number of halogens is 1. The SMILES string of the molecule is O=C(Nc1nc(-c2ccc(S(=O)(=O)N3CCOCC3)cc2)cs1)c1cccc(Cl)c1. The Morgan fingerprint density at radius 3 is 2.57 bits per heavy atom. The smallest absolute Gasteiger partial charge is 0.257 e. The first-order valence-electron chi connectivity index (χ1n) is 9.14. The van der Waals surface area contributed by atoms with Crippen LogP contribution in [0.15, 0.2) is 58.8 Å². The van der Waals surface area contributed by atoms with Gasteiger partial charge in [-0.15, -0.1) is 11.3 Å². The van der Waals surface area contributed by atoms with Crippen molar-refractivity contribution >= 4 is 44.0 Å². The third-order valence-corrected chi connectivity index (χ3v) is 7.48. The molecule has 1 aliphatic heterocycles. The predicted molar refractivity (Wildman–Crippen MR) is 117 cm³/mol. The van der Waals surface area contributed by atoms with Crippen LogP contribution in [0.25, 0.3) is 11.3 Å². The van der Waals surface area contributed by atoms with Gasteiger partial charge in [-0.1, -0.05) is 29.8 Å². The quantitative estimate of drug-likeness (QED) is 0.622. The van der Waals surface area contributed by atoms with E-state index in [-0.39, 0.29) is 10.8 Å². The van der Waals surface area contributed by atoms with E-state index in [9.17, 15) is 13.2 Å². The lowest BCUT2D eigenvalue weighted by Crippen LogP contribution is -2.40. The summed E-state index contributed by atoms with van der Waals surface area (Å²) in [4.78, 5) is 17.0. The van der Waals surface area contributed by atoms with Crippen LogP contribution < -0.4 is 5.32 Å². The summed E-state index contributed by atoms with van der Waals surface area (Å²) in [5, 5.41) is 5.48. The third-order valence-electron chi connectivity index (χ3n) is 4.57. The second kappa shape index (κ2) is 8.83. The van der Waals surface area contributed by atoms with Gasteiger partial charge in [0.25, 0.3) is 5.91 Å². The molecule has 1 fully saturated rings. The molecule has 0 aliphatic carbocycles. The molecule has 0 bridgehead atoms.